The van der Waals surface area contributed by atoms with E-state index >= 15 is 0 Å². The second-order valence-electron chi connectivity index (χ2n) is 8.62. The minimum atomic E-state index is -0.362. The molecule has 0 amide bonds. The van der Waals surface area contributed by atoms with E-state index in [9.17, 15) is 0 Å². The second kappa shape index (κ2) is 6.54. The molecule has 2 aliphatic carbocycles. The molecule has 0 radical (unpaired) electrons. The van der Waals surface area contributed by atoms with E-state index in [4.69, 9.17) is 0 Å². The first kappa shape index (κ1) is 18.2. The summed E-state index contributed by atoms with van der Waals surface area (Å²) < 4.78 is 1.11. The highest BCUT2D eigenvalue weighted by atomic mass is 79.9. The Hall–Kier alpha value is -3.42. The van der Waals surface area contributed by atoms with Crippen LogP contribution in [0.25, 0.3) is 33.4 Å². The van der Waals surface area contributed by atoms with Crippen LogP contribution in [0.1, 0.15) is 22.3 Å². The molecule has 1 spiro atoms. The van der Waals surface area contributed by atoms with Crippen molar-refractivity contribution in [2.75, 3.05) is 0 Å². The quantitative estimate of drug-likeness (QED) is 0.208. The fourth-order valence-corrected chi connectivity index (χ4v) is 6.39. The van der Waals surface area contributed by atoms with Gasteiger partial charge in [-0.2, -0.15) is 0 Å². The first-order chi connectivity index (χ1) is 15.8. The number of benzene rings is 5. The van der Waals surface area contributed by atoms with Crippen LogP contribution in [-0.2, 0) is 5.41 Å². The molecular weight excluding hydrogens is 452 g/mol. The number of hydrogen-bond donors (Lipinski definition) is 0. The molecule has 0 saturated carbocycles. The third-order valence-electron chi connectivity index (χ3n) is 7.18. The van der Waals surface area contributed by atoms with Gasteiger partial charge in [0.1, 0.15) is 0 Å². The highest BCUT2D eigenvalue weighted by Gasteiger charge is 2.49. The average molecular weight is 471 g/mol. The number of hydrogen-bond acceptors (Lipinski definition) is 0. The minimum absolute atomic E-state index is 0.362. The second-order valence-corrected chi connectivity index (χ2v) is 9.54. The Morgan fingerprint density at radius 2 is 0.750 bits per heavy atom. The van der Waals surface area contributed by atoms with Gasteiger partial charge in [0, 0.05) is 4.47 Å². The van der Waals surface area contributed by atoms with Crippen molar-refractivity contribution in [3.63, 3.8) is 0 Å². The smallest absolute Gasteiger partial charge is 0.0619 e. The fourth-order valence-electron chi connectivity index (χ4n) is 6.02. The van der Waals surface area contributed by atoms with E-state index in [2.05, 4.69) is 131 Å². The van der Waals surface area contributed by atoms with Crippen LogP contribution in [0.2, 0.25) is 0 Å². The van der Waals surface area contributed by atoms with Crippen molar-refractivity contribution in [2.45, 2.75) is 5.41 Å². The highest BCUT2D eigenvalue weighted by Crippen LogP contribution is 2.61. The lowest BCUT2D eigenvalue weighted by atomic mass is 9.66. The molecule has 0 atom stereocenters. The standard InChI is InChI=1S/C31H19Br/c32-20-17-18-30-26(19-20)25-13-5-8-16-29(25)31(30)27-14-6-3-11-23(27)21-9-1-2-10-22(21)24-12-4-7-15-28(24)31/h1-19H. The molecule has 0 bridgehead atoms. The molecule has 0 nitrogen and oxygen atoms in total. The van der Waals surface area contributed by atoms with Crippen LogP contribution in [0.3, 0.4) is 0 Å². The maximum Gasteiger partial charge on any atom is 0.0725 e. The summed E-state index contributed by atoms with van der Waals surface area (Å²) in [5.41, 5.74) is 12.9. The molecule has 0 N–H and O–H groups in total. The van der Waals surface area contributed by atoms with Crippen LogP contribution in [0.5, 0.6) is 0 Å². The van der Waals surface area contributed by atoms with E-state index in [-0.39, 0.29) is 5.41 Å². The molecule has 1 heteroatoms. The fraction of sp³-hybridized carbons (Fsp3) is 0.0323. The molecule has 0 unspecified atom stereocenters. The van der Waals surface area contributed by atoms with Gasteiger partial charge in [0.15, 0.2) is 0 Å². The maximum absolute atomic E-state index is 3.73. The van der Waals surface area contributed by atoms with E-state index in [1.165, 1.54) is 55.6 Å². The summed E-state index contributed by atoms with van der Waals surface area (Å²) in [6, 6.07) is 42.6. The lowest BCUT2D eigenvalue weighted by Gasteiger charge is -2.35. The van der Waals surface area contributed by atoms with Crippen LogP contribution in [-0.4, -0.2) is 0 Å². The molecule has 5 aromatic carbocycles. The van der Waals surface area contributed by atoms with Gasteiger partial charge in [-0.25, -0.2) is 0 Å². The monoisotopic (exact) mass is 470 g/mol. The molecule has 0 aliphatic heterocycles. The topological polar surface area (TPSA) is 0 Å². The Bertz CT molecular complexity index is 1480. The molecule has 32 heavy (non-hydrogen) atoms. The Morgan fingerprint density at radius 3 is 1.25 bits per heavy atom. The van der Waals surface area contributed by atoms with Gasteiger partial charge in [-0.3, -0.25) is 0 Å². The molecule has 0 saturated heterocycles. The zero-order valence-corrected chi connectivity index (χ0v) is 18.9. The Balaban J connectivity index is 1.77. The highest BCUT2D eigenvalue weighted by molar-refractivity contribution is 9.10. The van der Waals surface area contributed by atoms with Gasteiger partial charge in [0.25, 0.3) is 0 Å². The van der Waals surface area contributed by atoms with Crippen LogP contribution in [0.15, 0.2) is 120 Å². The van der Waals surface area contributed by atoms with E-state index in [0.29, 0.717) is 0 Å². The van der Waals surface area contributed by atoms with Crippen LogP contribution < -0.4 is 0 Å². The van der Waals surface area contributed by atoms with Gasteiger partial charge < -0.3 is 0 Å². The van der Waals surface area contributed by atoms with Crippen molar-refractivity contribution in [1.82, 2.24) is 0 Å². The summed E-state index contributed by atoms with van der Waals surface area (Å²) in [6.07, 6.45) is 0. The van der Waals surface area contributed by atoms with E-state index in [0.717, 1.165) is 4.47 Å². The number of rotatable bonds is 0. The minimum Gasteiger partial charge on any atom is -0.0619 e. The van der Waals surface area contributed by atoms with E-state index in [1.54, 1.807) is 0 Å². The molecule has 7 rings (SSSR count). The van der Waals surface area contributed by atoms with Crippen LogP contribution in [0.4, 0.5) is 0 Å². The van der Waals surface area contributed by atoms with Gasteiger partial charge in [0.2, 0.25) is 0 Å². The van der Waals surface area contributed by atoms with Gasteiger partial charge >= 0.3 is 0 Å². The van der Waals surface area contributed by atoms with Crippen molar-refractivity contribution >= 4 is 15.9 Å². The summed E-state index contributed by atoms with van der Waals surface area (Å²) in [5.74, 6) is 0. The SMILES string of the molecule is Brc1ccc2c(c1)-c1ccccc1C21c2ccccc2-c2ccccc2-c2ccccc21. The van der Waals surface area contributed by atoms with Gasteiger partial charge in [0.05, 0.1) is 5.41 Å². The Kier molecular flexibility index (Phi) is 3.72. The summed E-state index contributed by atoms with van der Waals surface area (Å²) in [7, 11) is 0. The van der Waals surface area contributed by atoms with Gasteiger partial charge in [-0.05, 0) is 67.8 Å². The normalized spacial score (nSPS) is 14.0. The van der Waals surface area contributed by atoms with E-state index < -0.39 is 0 Å². The molecule has 150 valence electrons. The van der Waals surface area contributed by atoms with Gasteiger partial charge in [-0.15, -0.1) is 0 Å². The predicted octanol–water partition coefficient (Wildman–Crippen LogP) is 8.46. The summed E-state index contributed by atoms with van der Waals surface area (Å²) in [6.45, 7) is 0. The summed E-state index contributed by atoms with van der Waals surface area (Å²) in [5, 5.41) is 0. The van der Waals surface area contributed by atoms with Crippen molar-refractivity contribution in [1.29, 1.82) is 0 Å². The zero-order valence-electron chi connectivity index (χ0n) is 17.3. The molecule has 5 aromatic rings. The average Bonchev–Trinajstić information content (AvgIpc) is 3.08. The molecule has 2 aliphatic rings. The third kappa shape index (κ3) is 2.17. The van der Waals surface area contributed by atoms with Crippen molar-refractivity contribution in [3.05, 3.63) is 142 Å². The molecule has 0 aromatic heterocycles. The number of halogens is 1. The first-order valence-corrected chi connectivity index (χ1v) is 11.8. The molecule has 0 heterocycles. The Labute approximate surface area is 196 Å². The number of fused-ring (bicyclic) bond motifs is 12. The van der Waals surface area contributed by atoms with Gasteiger partial charge in [-0.1, -0.05) is 119 Å². The third-order valence-corrected chi connectivity index (χ3v) is 7.67. The summed E-state index contributed by atoms with van der Waals surface area (Å²) >= 11 is 3.73. The predicted molar refractivity (Wildman–Crippen MR) is 136 cm³/mol. The maximum atomic E-state index is 3.73. The first-order valence-electron chi connectivity index (χ1n) is 11.0. The largest absolute Gasteiger partial charge is 0.0725 e. The molecular formula is C31H19Br. The van der Waals surface area contributed by atoms with Crippen LogP contribution in [0, 0.1) is 0 Å². The van der Waals surface area contributed by atoms with Crippen molar-refractivity contribution in [3.8, 4) is 33.4 Å². The lowest BCUT2D eigenvalue weighted by Crippen LogP contribution is -2.29. The summed E-state index contributed by atoms with van der Waals surface area (Å²) in [4.78, 5) is 0. The van der Waals surface area contributed by atoms with Crippen molar-refractivity contribution < 1.29 is 0 Å². The zero-order chi connectivity index (χ0) is 21.3. The lowest BCUT2D eigenvalue weighted by molar-refractivity contribution is 0.775. The van der Waals surface area contributed by atoms with E-state index in [1.807, 2.05) is 0 Å². The Morgan fingerprint density at radius 1 is 0.375 bits per heavy atom. The van der Waals surface area contributed by atoms with Crippen molar-refractivity contribution in [2.24, 2.45) is 0 Å². The molecule has 0 fully saturated rings. The van der Waals surface area contributed by atoms with Crippen LogP contribution >= 0.6 is 15.9 Å².